The van der Waals surface area contributed by atoms with Gasteiger partial charge in [0.15, 0.2) is 11.5 Å². The van der Waals surface area contributed by atoms with Crippen molar-refractivity contribution in [2.45, 2.75) is 31.1 Å². The number of hydrogen-bond acceptors (Lipinski definition) is 6. The maximum atomic E-state index is 13.6. The van der Waals surface area contributed by atoms with E-state index in [2.05, 4.69) is 26.1 Å². The maximum Gasteiger partial charge on any atom is 0.264 e. The third-order valence-electron chi connectivity index (χ3n) is 5.65. The van der Waals surface area contributed by atoms with Crippen LogP contribution in [0.15, 0.2) is 77.7 Å². The first-order valence-corrected chi connectivity index (χ1v) is 13.3. The van der Waals surface area contributed by atoms with Gasteiger partial charge in [-0.2, -0.15) is 0 Å². The molecule has 37 heavy (non-hydrogen) atoms. The van der Waals surface area contributed by atoms with E-state index in [4.69, 9.17) is 14.2 Å². The summed E-state index contributed by atoms with van der Waals surface area (Å²) in [5.41, 5.74) is 1.34. The van der Waals surface area contributed by atoms with Gasteiger partial charge in [0.25, 0.3) is 10.0 Å². The second kappa shape index (κ2) is 12.0. The molecule has 0 aliphatic heterocycles. The third kappa shape index (κ3) is 6.95. The molecule has 0 aromatic heterocycles. The molecule has 3 rings (SSSR count). The fraction of sp³-hybridized carbons (Fsp3) is 0.321. The fourth-order valence-electron chi connectivity index (χ4n) is 3.76. The number of sulfonamides is 1. The molecule has 0 radical (unpaired) electrons. The average molecular weight is 527 g/mol. The smallest absolute Gasteiger partial charge is 0.264 e. The molecule has 0 spiro atoms. The lowest BCUT2D eigenvalue weighted by atomic mass is 9.86. The summed E-state index contributed by atoms with van der Waals surface area (Å²) in [6, 6.07) is 20.6. The largest absolute Gasteiger partial charge is 0.493 e. The van der Waals surface area contributed by atoms with Crippen molar-refractivity contribution < 1.29 is 27.4 Å². The van der Waals surface area contributed by atoms with E-state index in [0.717, 1.165) is 15.6 Å². The summed E-state index contributed by atoms with van der Waals surface area (Å²) in [6.07, 6.45) is 0. The van der Waals surface area contributed by atoms with Gasteiger partial charge in [-0.05, 0) is 41.3 Å². The van der Waals surface area contributed by atoms with Crippen molar-refractivity contribution in [2.24, 2.45) is 0 Å². The molecule has 0 fully saturated rings. The lowest BCUT2D eigenvalue weighted by Gasteiger charge is -2.25. The Hall–Kier alpha value is -3.72. The molecule has 0 atom stereocenters. The number of benzene rings is 3. The lowest BCUT2D eigenvalue weighted by molar-refractivity contribution is -0.119. The van der Waals surface area contributed by atoms with Gasteiger partial charge in [-0.15, -0.1) is 0 Å². The Balaban J connectivity index is 1.73. The third-order valence-corrected chi connectivity index (χ3v) is 7.42. The minimum absolute atomic E-state index is 0.0241. The van der Waals surface area contributed by atoms with Gasteiger partial charge in [-0.3, -0.25) is 9.10 Å². The minimum Gasteiger partial charge on any atom is -0.493 e. The Morgan fingerprint density at radius 2 is 1.51 bits per heavy atom. The Kier molecular flexibility index (Phi) is 9.04. The molecule has 0 aliphatic rings. The molecule has 0 bridgehead atoms. The number of methoxy groups -OCH3 is 2. The minimum atomic E-state index is -4.10. The van der Waals surface area contributed by atoms with Gasteiger partial charge in [0.1, 0.15) is 18.9 Å². The van der Waals surface area contributed by atoms with Crippen molar-refractivity contribution in [2.75, 3.05) is 38.2 Å². The van der Waals surface area contributed by atoms with E-state index in [9.17, 15) is 13.2 Å². The van der Waals surface area contributed by atoms with E-state index in [0.29, 0.717) is 11.4 Å². The zero-order valence-electron chi connectivity index (χ0n) is 21.9. The Bertz CT molecular complexity index is 1300. The van der Waals surface area contributed by atoms with E-state index in [1.165, 1.54) is 32.4 Å². The molecule has 3 aromatic carbocycles. The number of ether oxygens (including phenoxy) is 3. The van der Waals surface area contributed by atoms with Crippen LogP contribution in [0, 0.1) is 0 Å². The number of anilines is 1. The molecule has 1 amide bonds. The van der Waals surface area contributed by atoms with Gasteiger partial charge >= 0.3 is 0 Å². The summed E-state index contributed by atoms with van der Waals surface area (Å²) in [6.45, 7) is 6.37. The molecular weight excluding hydrogens is 492 g/mol. The highest BCUT2D eigenvalue weighted by Gasteiger charge is 2.28. The van der Waals surface area contributed by atoms with Crippen LogP contribution in [0.3, 0.4) is 0 Å². The van der Waals surface area contributed by atoms with Crippen LogP contribution >= 0.6 is 0 Å². The Morgan fingerprint density at radius 3 is 2.16 bits per heavy atom. The number of carbonyl (C=O) groups excluding carboxylic acids is 1. The molecule has 9 heteroatoms. The van der Waals surface area contributed by atoms with Crippen molar-refractivity contribution >= 4 is 21.6 Å². The predicted octanol–water partition coefficient (Wildman–Crippen LogP) is 4.39. The molecule has 3 aromatic rings. The van der Waals surface area contributed by atoms with Crippen molar-refractivity contribution in [3.8, 4) is 17.2 Å². The SMILES string of the molecule is COc1ccc(S(=O)(=O)N(CC(=O)NCCOc2ccccc2C(C)(C)C)c2ccccc2)cc1OC. The van der Waals surface area contributed by atoms with Crippen LogP contribution in [-0.2, 0) is 20.2 Å². The van der Waals surface area contributed by atoms with Gasteiger partial charge in [-0.1, -0.05) is 57.2 Å². The number of rotatable bonds is 11. The molecule has 8 nitrogen and oxygen atoms in total. The maximum absolute atomic E-state index is 13.6. The van der Waals surface area contributed by atoms with Gasteiger partial charge in [0, 0.05) is 6.07 Å². The van der Waals surface area contributed by atoms with Crippen molar-refractivity contribution in [3.05, 3.63) is 78.4 Å². The summed E-state index contributed by atoms with van der Waals surface area (Å²) in [5.74, 6) is 0.971. The van der Waals surface area contributed by atoms with Crippen molar-refractivity contribution in [3.63, 3.8) is 0 Å². The zero-order valence-corrected chi connectivity index (χ0v) is 22.7. The first-order valence-electron chi connectivity index (χ1n) is 11.9. The van der Waals surface area contributed by atoms with Crippen LogP contribution < -0.4 is 23.8 Å². The van der Waals surface area contributed by atoms with Crippen LogP contribution in [-0.4, -0.2) is 48.2 Å². The predicted molar refractivity (Wildman–Crippen MR) is 144 cm³/mol. The average Bonchev–Trinajstić information content (AvgIpc) is 2.89. The molecule has 0 saturated carbocycles. The number of para-hydroxylation sites is 2. The molecule has 0 unspecified atom stereocenters. The van der Waals surface area contributed by atoms with Crippen LogP contribution in [0.1, 0.15) is 26.3 Å². The van der Waals surface area contributed by atoms with Crippen LogP contribution in [0.4, 0.5) is 5.69 Å². The first kappa shape index (κ1) is 27.9. The van der Waals surface area contributed by atoms with Crippen LogP contribution in [0.5, 0.6) is 17.2 Å². The van der Waals surface area contributed by atoms with E-state index in [1.807, 2.05) is 24.3 Å². The molecule has 0 heterocycles. The van der Waals surface area contributed by atoms with Gasteiger partial charge < -0.3 is 19.5 Å². The van der Waals surface area contributed by atoms with E-state index >= 15 is 0 Å². The number of carbonyl (C=O) groups is 1. The van der Waals surface area contributed by atoms with Gasteiger partial charge in [0.2, 0.25) is 5.91 Å². The number of hydrogen-bond donors (Lipinski definition) is 1. The Morgan fingerprint density at radius 1 is 0.865 bits per heavy atom. The molecule has 198 valence electrons. The zero-order chi connectivity index (χ0) is 27.1. The topological polar surface area (TPSA) is 94.2 Å². The Labute approximate surface area is 219 Å². The van der Waals surface area contributed by atoms with Crippen molar-refractivity contribution in [1.29, 1.82) is 0 Å². The highest BCUT2D eigenvalue weighted by atomic mass is 32.2. The highest BCUT2D eigenvalue weighted by Crippen LogP contribution is 2.32. The second-order valence-electron chi connectivity index (χ2n) is 9.31. The standard InChI is InChI=1S/C28H34N2O6S/c1-28(2,3)23-13-9-10-14-24(23)36-18-17-29-27(31)20-30(21-11-7-6-8-12-21)37(32,33)22-15-16-25(34-4)26(19-22)35-5/h6-16,19H,17-18,20H2,1-5H3,(H,29,31). The van der Waals surface area contributed by atoms with E-state index < -0.39 is 22.5 Å². The summed E-state index contributed by atoms with van der Waals surface area (Å²) in [7, 11) is -1.20. The second-order valence-corrected chi connectivity index (χ2v) is 11.2. The summed E-state index contributed by atoms with van der Waals surface area (Å²) >= 11 is 0. The van der Waals surface area contributed by atoms with E-state index in [1.54, 1.807) is 30.3 Å². The number of nitrogens with one attached hydrogen (secondary N) is 1. The van der Waals surface area contributed by atoms with Crippen LogP contribution in [0.2, 0.25) is 0 Å². The lowest BCUT2D eigenvalue weighted by Crippen LogP contribution is -2.42. The number of amides is 1. The normalized spacial score (nSPS) is 11.5. The van der Waals surface area contributed by atoms with Crippen molar-refractivity contribution in [1.82, 2.24) is 5.32 Å². The molecule has 1 N–H and O–H groups in total. The van der Waals surface area contributed by atoms with Crippen LogP contribution in [0.25, 0.3) is 0 Å². The van der Waals surface area contributed by atoms with Gasteiger partial charge in [-0.25, -0.2) is 8.42 Å². The fourth-order valence-corrected chi connectivity index (χ4v) is 5.20. The molecule has 0 aliphatic carbocycles. The highest BCUT2D eigenvalue weighted by molar-refractivity contribution is 7.92. The summed E-state index contributed by atoms with van der Waals surface area (Å²) < 4.78 is 44.7. The quantitative estimate of drug-likeness (QED) is 0.373. The van der Waals surface area contributed by atoms with E-state index in [-0.39, 0.29) is 29.2 Å². The summed E-state index contributed by atoms with van der Waals surface area (Å²) in [4.78, 5) is 12.8. The first-order chi connectivity index (χ1) is 17.6. The van der Waals surface area contributed by atoms with Gasteiger partial charge in [0.05, 0.1) is 31.3 Å². The number of nitrogens with zero attached hydrogens (tertiary/aromatic N) is 1. The monoisotopic (exact) mass is 526 g/mol. The summed E-state index contributed by atoms with van der Waals surface area (Å²) in [5, 5.41) is 2.76. The molecule has 0 saturated heterocycles. The molecular formula is C28H34N2O6S.